The number of hydrogen-bond acceptors (Lipinski definition) is 4. The van der Waals surface area contributed by atoms with Gasteiger partial charge >= 0.3 is 0 Å². The lowest BCUT2D eigenvalue weighted by atomic mass is 9.85. The Bertz CT molecular complexity index is 530. The number of benzene rings is 1. The fourth-order valence-electron chi connectivity index (χ4n) is 3.45. The van der Waals surface area contributed by atoms with E-state index in [1.165, 1.54) is 0 Å². The molecular formula is C16H23ClN4. The number of nitrogens with two attached hydrogens (primary N) is 1. The van der Waals surface area contributed by atoms with Crippen LogP contribution in [0.2, 0.25) is 5.02 Å². The average Bonchev–Trinajstić information content (AvgIpc) is 2.78. The maximum absolute atomic E-state index is 6.18. The molecule has 1 saturated heterocycles. The Kier molecular flexibility index (Phi) is 3.84. The molecular weight excluding hydrogens is 284 g/mol. The summed E-state index contributed by atoms with van der Waals surface area (Å²) in [7, 11) is 0. The van der Waals surface area contributed by atoms with E-state index in [1.54, 1.807) is 0 Å². The maximum atomic E-state index is 6.18. The minimum Gasteiger partial charge on any atom is -0.369 e. The molecule has 1 aromatic rings. The third kappa shape index (κ3) is 2.62. The van der Waals surface area contributed by atoms with Crippen molar-refractivity contribution in [1.29, 1.82) is 0 Å². The van der Waals surface area contributed by atoms with Crippen LogP contribution in [0, 0.1) is 0 Å². The predicted octanol–water partition coefficient (Wildman–Crippen LogP) is 2.72. The molecule has 3 rings (SSSR count). The molecule has 0 aliphatic carbocycles. The van der Waals surface area contributed by atoms with Gasteiger partial charge in [-0.15, -0.1) is 0 Å². The summed E-state index contributed by atoms with van der Waals surface area (Å²) < 4.78 is 0. The number of aliphatic imine (C=N–C) groups is 1. The first-order chi connectivity index (χ1) is 10.0. The monoisotopic (exact) mass is 306 g/mol. The van der Waals surface area contributed by atoms with E-state index in [2.05, 4.69) is 28.6 Å². The highest BCUT2D eigenvalue weighted by Gasteiger charge is 2.45. The summed E-state index contributed by atoms with van der Waals surface area (Å²) >= 11 is 6.00. The zero-order valence-corrected chi connectivity index (χ0v) is 13.5. The van der Waals surface area contributed by atoms with Gasteiger partial charge < -0.3 is 15.5 Å². The first-order valence-electron chi connectivity index (χ1n) is 7.62. The van der Waals surface area contributed by atoms with Crippen LogP contribution in [0.5, 0.6) is 0 Å². The Morgan fingerprint density at radius 2 is 1.81 bits per heavy atom. The van der Waals surface area contributed by atoms with Gasteiger partial charge in [-0.1, -0.05) is 11.6 Å². The van der Waals surface area contributed by atoms with Crippen LogP contribution in [0.1, 0.15) is 26.7 Å². The van der Waals surface area contributed by atoms with E-state index in [0.717, 1.165) is 43.2 Å². The molecule has 1 fully saturated rings. The summed E-state index contributed by atoms with van der Waals surface area (Å²) in [6.45, 7) is 7.52. The number of rotatable bonds is 2. The molecule has 0 atom stereocenters. The smallest absolute Gasteiger partial charge is 0.196 e. The van der Waals surface area contributed by atoms with Crippen LogP contribution < -0.4 is 10.6 Å². The summed E-state index contributed by atoms with van der Waals surface area (Å²) in [5.74, 6) is 0.635. The van der Waals surface area contributed by atoms with Crippen LogP contribution in [0.4, 0.5) is 5.69 Å². The summed E-state index contributed by atoms with van der Waals surface area (Å²) in [6, 6.07) is 8.50. The number of likely N-dealkylation sites (tertiary alicyclic amines) is 1. The Morgan fingerprint density at radius 3 is 2.38 bits per heavy atom. The van der Waals surface area contributed by atoms with E-state index in [-0.39, 0.29) is 5.54 Å². The van der Waals surface area contributed by atoms with Gasteiger partial charge in [-0.3, -0.25) is 4.99 Å². The molecule has 1 spiro atoms. The zero-order chi connectivity index (χ0) is 15.0. The van der Waals surface area contributed by atoms with Crippen molar-refractivity contribution in [3.05, 3.63) is 29.3 Å². The quantitative estimate of drug-likeness (QED) is 0.914. The molecule has 114 valence electrons. The van der Waals surface area contributed by atoms with Gasteiger partial charge in [0.25, 0.3) is 0 Å². The van der Waals surface area contributed by atoms with Gasteiger partial charge in [0.2, 0.25) is 0 Å². The van der Waals surface area contributed by atoms with Gasteiger partial charge in [-0.25, -0.2) is 0 Å². The van der Waals surface area contributed by atoms with Crippen LogP contribution in [-0.4, -0.2) is 42.1 Å². The Labute approximate surface area is 131 Å². The van der Waals surface area contributed by atoms with Crippen molar-refractivity contribution in [3.8, 4) is 0 Å². The van der Waals surface area contributed by atoms with Crippen molar-refractivity contribution in [1.82, 2.24) is 4.90 Å². The minimum absolute atomic E-state index is 0.0449. The number of guanidine groups is 1. The second kappa shape index (κ2) is 5.50. The first-order valence-corrected chi connectivity index (χ1v) is 7.99. The molecule has 0 unspecified atom stereocenters. The summed E-state index contributed by atoms with van der Waals surface area (Å²) in [5, 5.41) is 0.747. The molecule has 5 heteroatoms. The molecule has 0 radical (unpaired) electrons. The van der Waals surface area contributed by atoms with E-state index >= 15 is 0 Å². The lowest BCUT2D eigenvalue weighted by molar-refractivity contribution is 0.139. The van der Waals surface area contributed by atoms with E-state index in [4.69, 9.17) is 17.3 Å². The second-order valence-corrected chi connectivity index (χ2v) is 6.78. The normalized spacial score (nSPS) is 22.1. The predicted molar refractivity (Wildman–Crippen MR) is 89.1 cm³/mol. The number of nitrogens with zero attached hydrogens (tertiary/aromatic N) is 3. The van der Waals surface area contributed by atoms with Crippen molar-refractivity contribution < 1.29 is 0 Å². The molecule has 1 aromatic carbocycles. The first kappa shape index (κ1) is 14.7. The summed E-state index contributed by atoms with van der Waals surface area (Å²) in [5.41, 5.74) is 7.32. The third-order valence-electron chi connectivity index (χ3n) is 4.78. The molecule has 0 amide bonds. The van der Waals surface area contributed by atoms with E-state index < -0.39 is 0 Å². The summed E-state index contributed by atoms with van der Waals surface area (Å²) in [4.78, 5) is 9.28. The van der Waals surface area contributed by atoms with Crippen molar-refractivity contribution in [2.75, 3.05) is 24.5 Å². The van der Waals surface area contributed by atoms with E-state index in [0.29, 0.717) is 12.0 Å². The fraction of sp³-hybridized carbons (Fsp3) is 0.562. The topological polar surface area (TPSA) is 44.9 Å². The highest BCUT2D eigenvalue weighted by atomic mass is 35.5. The van der Waals surface area contributed by atoms with Gasteiger partial charge in [0.1, 0.15) is 0 Å². The lowest BCUT2D eigenvalue weighted by Gasteiger charge is -2.46. The molecule has 2 aliphatic rings. The van der Waals surface area contributed by atoms with Crippen molar-refractivity contribution >= 4 is 23.2 Å². The van der Waals surface area contributed by atoms with Gasteiger partial charge in [-0.05, 0) is 51.0 Å². The molecule has 0 bridgehead atoms. The van der Waals surface area contributed by atoms with Crippen molar-refractivity contribution in [2.24, 2.45) is 10.7 Å². The van der Waals surface area contributed by atoms with Gasteiger partial charge in [0, 0.05) is 29.8 Å². The van der Waals surface area contributed by atoms with Gasteiger partial charge in [0.05, 0.1) is 12.1 Å². The van der Waals surface area contributed by atoms with Gasteiger partial charge in [0.15, 0.2) is 5.96 Å². The zero-order valence-electron chi connectivity index (χ0n) is 12.7. The van der Waals surface area contributed by atoms with Crippen LogP contribution in [0.25, 0.3) is 0 Å². The van der Waals surface area contributed by atoms with Crippen LogP contribution in [-0.2, 0) is 0 Å². The Hall–Kier alpha value is -1.26. The van der Waals surface area contributed by atoms with E-state index in [1.807, 2.05) is 24.3 Å². The molecule has 2 N–H and O–H groups in total. The van der Waals surface area contributed by atoms with Crippen LogP contribution >= 0.6 is 11.6 Å². The van der Waals surface area contributed by atoms with E-state index in [9.17, 15) is 0 Å². The number of anilines is 1. The summed E-state index contributed by atoms with van der Waals surface area (Å²) in [6.07, 6.45) is 2.19. The largest absolute Gasteiger partial charge is 0.369 e. The number of halogens is 1. The van der Waals surface area contributed by atoms with Crippen LogP contribution in [0.3, 0.4) is 0 Å². The fourth-order valence-corrected chi connectivity index (χ4v) is 3.57. The Morgan fingerprint density at radius 1 is 1.19 bits per heavy atom. The number of hydrogen-bond donors (Lipinski definition) is 1. The molecule has 2 aliphatic heterocycles. The van der Waals surface area contributed by atoms with Crippen molar-refractivity contribution in [3.63, 3.8) is 0 Å². The SMILES string of the molecule is CC(C)N1CCC2(CC1)CN=C(N)N2c1ccc(Cl)cc1. The van der Waals surface area contributed by atoms with Crippen LogP contribution in [0.15, 0.2) is 29.3 Å². The average molecular weight is 307 g/mol. The maximum Gasteiger partial charge on any atom is 0.196 e. The molecule has 0 saturated carbocycles. The molecule has 2 heterocycles. The van der Waals surface area contributed by atoms with Crippen molar-refractivity contribution in [2.45, 2.75) is 38.3 Å². The second-order valence-electron chi connectivity index (χ2n) is 6.34. The molecule has 4 nitrogen and oxygen atoms in total. The highest BCUT2D eigenvalue weighted by molar-refractivity contribution is 6.30. The minimum atomic E-state index is 0.0449. The molecule has 21 heavy (non-hydrogen) atoms. The molecule has 0 aromatic heterocycles. The highest BCUT2D eigenvalue weighted by Crippen LogP contribution is 2.37. The third-order valence-corrected chi connectivity index (χ3v) is 5.03. The van der Waals surface area contributed by atoms with Gasteiger partial charge in [-0.2, -0.15) is 0 Å². The Balaban J connectivity index is 1.84. The lowest BCUT2D eigenvalue weighted by Crippen LogP contribution is -2.58. The standard InChI is InChI=1S/C16H23ClN4/c1-12(2)20-9-7-16(8-10-20)11-19-15(18)21(16)14-5-3-13(17)4-6-14/h3-6,12H,7-11H2,1-2H3,(H2,18,19). The number of piperidine rings is 1.